The molecule has 0 spiro atoms. The van der Waals surface area contributed by atoms with Crippen molar-refractivity contribution in [3.05, 3.63) is 59.0 Å². The summed E-state index contributed by atoms with van der Waals surface area (Å²) in [6, 6.07) is 10.7. The molecule has 0 aliphatic carbocycles. The highest BCUT2D eigenvalue weighted by molar-refractivity contribution is 5.94. The van der Waals surface area contributed by atoms with E-state index in [9.17, 15) is 9.59 Å². The minimum atomic E-state index is -0.253. The van der Waals surface area contributed by atoms with Gasteiger partial charge in [-0.15, -0.1) is 0 Å². The fraction of sp³-hybridized carbons (Fsp3) is 0.333. The number of carbonyl (C=O) groups excluding carboxylic acids is 2. The molecule has 0 aliphatic rings. The molecule has 2 N–H and O–H groups in total. The van der Waals surface area contributed by atoms with E-state index in [-0.39, 0.29) is 17.9 Å². The van der Waals surface area contributed by atoms with Crippen molar-refractivity contribution in [2.75, 3.05) is 0 Å². The van der Waals surface area contributed by atoms with Crippen LogP contribution in [0.25, 0.3) is 0 Å². The van der Waals surface area contributed by atoms with E-state index in [0.717, 1.165) is 12.0 Å². The van der Waals surface area contributed by atoms with Crippen LogP contribution in [0.2, 0.25) is 0 Å². The van der Waals surface area contributed by atoms with Crippen molar-refractivity contribution in [2.45, 2.75) is 39.8 Å². The molecule has 5 heteroatoms. The predicted molar refractivity (Wildman–Crippen MR) is 88.3 cm³/mol. The van der Waals surface area contributed by atoms with Gasteiger partial charge in [-0.25, -0.2) is 0 Å². The summed E-state index contributed by atoms with van der Waals surface area (Å²) < 4.78 is 5.27. The molecule has 2 rings (SSSR count). The van der Waals surface area contributed by atoms with Crippen LogP contribution in [-0.2, 0) is 6.54 Å². The van der Waals surface area contributed by atoms with Crippen molar-refractivity contribution < 1.29 is 14.0 Å². The van der Waals surface area contributed by atoms with Gasteiger partial charge >= 0.3 is 0 Å². The van der Waals surface area contributed by atoms with E-state index in [2.05, 4.69) is 10.6 Å². The first-order chi connectivity index (χ1) is 11.0. The van der Waals surface area contributed by atoms with Gasteiger partial charge in [0.05, 0.1) is 0 Å². The van der Waals surface area contributed by atoms with Crippen LogP contribution in [0.1, 0.15) is 52.5 Å². The molecule has 0 radical (unpaired) electrons. The summed E-state index contributed by atoms with van der Waals surface area (Å²) in [7, 11) is 0. The molecule has 1 aromatic heterocycles. The van der Waals surface area contributed by atoms with Crippen molar-refractivity contribution in [1.82, 2.24) is 10.6 Å². The van der Waals surface area contributed by atoms with Crippen LogP contribution in [0.4, 0.5) is 0 Å². The normalized spacial score (nSPS) is 11.8. The van der Waals surface area contributed by atoms with Gasteiger partial charge in [0.25, 0.3) is 11.8 Å². The van der Waals surface area contributed by atoms with Crippen molar-refractivity contribution >= 4 is 11.8 Å². The zero-order valence-electron chi connectivity index (χ0n) is 13.7. The lowest BCUT2D eigenvalue weighted by Crippen LogP contribution is -2.31. The van der Waals surface area contributed by atoms with Crippen molar-refractivity contribution in [1.29, 1.82) is 0 Å². The Bertz CT molecular complexity index is 674. The van der Waals surface area contributed by atoms with E-state index in [1.165, 1.54) is 0 Å². The lowest BCUT2D eigenvalue weighted by Gasteiger charge is -2.11. The number of furan rings is 1. The Morgan fingerprint density at radius 3 is 2.35 bits per heavy atom. The zero-order chi connectivity index (χ0) is 16.8. The monoisotopic (exact) mass is 314 g/mol. The predicted octanol–water partition coefficient (Wildman–Crippen LogP) is 3.05. The van der Waals surface area contributed by atoms with Gasteiger partial charge < -0.3 is 15.1 Å². The molecule has 0 fully saturated rings. The number of carbonyl (C=O) groups is 2. The molecule has 1 atom stereocenters. The average Bonchev–Trinajstić information content (AvgIpc) is 2.99. The van der Waals surface area contributed by atoms with Gasteiger partial charge in [0.1, 0.15) is 5.76 Å². The number of hydrogen-bond donors (Lipinski definition) is 2. The molecule has 122 valence electrons. The fourth-order valence-corrected chi connectivity index (χ4v) is 2.01. The molecule has 0 saturated heterocycles. The largest absolute Gasteiger partial charge is 0.456 e. The standard InChI is InChI=1S/C18H22N2O3/c1-4-12(2)20-17(21)15-8-6-14(7-9-15)11-19-18(22)16-10-5-13(3)23-16/h5-10,12H,4,11H2,1-3H3,(H,19,22)(H,20,21)/t12-/m0/s1. The quantitative estimate of drug-likeness (QED) is 0.861. The maximum Gasteiger partial charge on any atom is 0.287 e. The SMILES string of the molecule is CC[C@H](C)NC(=O)c1ccc(CNC(=O)c2ccc(C)o2)cc1. The Balaban J connectivity index is 1.90. The Kier molecular flexibility index (Phi) is 5.57. The summed E-state index contributed by atoms with van der Waals surface area (Å²) in [6.07, 6.45) is 0.891. The Hall–Kier alpha value is -2.56. The van der Waals surface area contributed by atoms with Crippen LogP contribution in [0, 0.1) is 6.92 Å². The summed E-state index contributed by atoms with van der Waals surface area (Å²) >= 11 is 0. The molecular weight excluding hydrogens is 292 g/mol. The number of nitrogens with one attached hydrogen (secondary N) is 2. The molecule has 0 aliphatic heterocycles. The van der Waals surface area contributed by atoms with Crippen LogP contribution >= 0.6 is 0 Å². The van der Waals surface area contributed by atoms with Crippen molar-refractivity contribution in [3.63, 3.8) is 0 Å². The highest BCUT2D eigenvalue weighted by Crippen LogP contribution is 2.08. The maximum absolute atomic E-state index is 12.0. The number of aryl methyl sites for hydroxylation is 1. The third kappa shape index (κ3) is 4.71. The first-order valence-electron chi connectivity index (χ1n) is 7.74. The van der Waals surface area contributed by atoms with E-state index >= 15 is 0 Å². The lowest BCUT2D eigenvalue weighted by atomic mass is 10.1. The van der Waals surface area contributed by atoms with E-state index in [1.54, 1.807) is 31.2 Å². The van der Waals surface area contributed by atoms with Crippen LogP contribution < -0.4 is 10.6 Å². The first-order valence-corrected chi connectivity index (χ1v) is 7.74. The number of amides is 2. The summed E-state index contributed by atoms with van der Waals surface area (Å²) in [5.74, 6) is 0.663. The van der Waals surface area contributed by atoms with Crippen LogP contribution in [0.5, 0.6) is 0 Å². The second-order valence-corrected chi connectivity index (χ2v) is 5.57. The topological polar surface area (TPSA) is 71.3 Å². The number of hydrogen-bond acceptors (Lipinski definition) is 3. The molecule has 2 aromatic rings. The first kappa shape index (κ1) is 16.8. The van der Waals surface area contributed by atoms with Gasteiger partial charge in [0.15, 0.2) is 5.76 Å². The van der Waals surface area contributed by atoms with Gasteiger partial charge in [0.2, 0.25) is 0 Å². The second kappa shape index (κ2) is 7.63. The van der Waals surface area contributed by atoms with Crippen molar-refractivity contribution in [3.8, 4) is 0 Å². The van der Waals surface area contributed by atoms with Gasteiger partial charge in [-0.1, -0.05) is 19.1 Å². The van der Waals surface area contributed by atoms with E-state index in [4.69, 9.17) is 4.42 Å². The zero-order valence-corrected chi connectivity index (χ0v) is 13.7. The van der Waals surface area contributed by atoms with Crippen LogP contribution in [0.15, 0.2) is 40.8 Å². The summed E-state index contributed by atoms with van der Waals surface area (Å²) in [4.78, 5) is 23.9. The van der Waals surface area contributed by atoms with Crippen molar-refractivity contribution in [2.24, 2.45) is 0 Å². The summed E-state index contributed by atoms with van der Waals surface area (Å²) in [6.45, 7) is 6.17. The molecule has 1 heterocycles. The second-order valence-electron chi connectivity index (χ2n) is 5.57. The highest BCUT2D eigenvalue weighted by atomic mass is 16.3. The van der Waals surface area contributed by atoms with Gasteiger partial charge in [-0.05, 0) is 50.1 Å². The highest BCUT2D eigenvalue weighted by Gasteiger charge is 2.10. The number of benzene rings is 1. The van der Waals surface area contributed by atoms with E-state index < -0.39 is 0 Å². The van der Waals surface area contributed by atoms with E-state index in [1.807, 2.05) is 26.0 Å². The minimum Gasteiger partial charge on any atom is -0.456 e. The third-order valence-electron chi connectivity index (χ3n) is 3.62. The van der Waals surface area contributed by atoms with Gasteiger partial charge in [0, 0.05) is 18.2 Å². The van der Waals surface area contributed by atoms with Crippen LogP contribution in [-0.4, -0.2) is 17.9 Å². The number of rotatable bonds is 6. The molecule has 1 aromatic carbocycles. The molecule has 0 unspecified atom stereocenters. The molecule has 5 nitrogen and oxygen atoms in total. The Morgan fingerprint density at radius 2 is 1.78 bits per heavy atom. The van der Waals surface area contributed by atoms with Gasteiger partial charge in [-0.3, -0.25) is 9.59 Å². The minimum absolute atomic E-state index is 0.0824. The Labute approximate surface area is 136 Å². The summed E-state index contributed by atoms with van der Waals surface area (Å²) in [5.41, 5.74) is 1.53. The summed E-state index contributed by atoms with van der Waals surface area (Å²) in [5, 5.41) is 5.70. The smallest absolute Gasteiger partial charge is 0.287 e. The molecule has 0 saturated carbocycles. The molecule has 2 amide bonds. The average molecular weight is 314 g/mol. The van der Waals surface area contributed by atoms with Crippen LogP contribution in [0.3, 0.4) is 0 Å². The van der Waals surface area contributed by atoms with E-state index in [0.29, 0.717) is 23.6 Å². The maximum atomic E-state index is 12.0. The lowest BCUT2D eigenvalue weighted by molar-refractivity contribution is 0.0918. The fourth-order valence-electron chi connectivity index (χ4n) is 2.01. The molecular formula is C18H22N2O3. The van der Waals surface area contributed by atoms with Gasteiger partial charge in [-0.2, -0.15) is 0 Å². The molecule has 0 bridgehead atoms. The third-order valence-corrected chi connectivity index (χ3v) is 3.62. The molecule has 23 heavy (non-hydrogen) atoms. The Morgan fingerprint density at radius 1 is 1.09 bits per heavy atom.